The van der Waals surface area contributed by atoms with E-state index in [1.165, 1.54) is 32.1 Å². The molecule has 0 bridgehead atoms. The second-order valence-corrected chi connectivity index (χ2v) is 6.65. The fourth-order valence-electron chi connectivity index (χ4n) is 4.44. The van der Waals surface area contributed by atoms with E-state index in [1.807, 2.05) is 0 Å². The molecule has 2 aliphatic rings. The van der Waals surface area contributed by atoms with E-state index in [-0.39, 0.29) is 0 Å². The van der Waals surface area contributed by atoms with Crippen molar-refractivity contribution in [2.24, 2.45) is 22.7 Å². The lowest BCUT2D eigenvalue weighted by molar-refractivity contribution is 0.136. The SMILES string of the molecule is CC1(C)CC(C)(C)[C@@H]2CCCCC21. The van der Waals surface area contributed by atoms with Gasteiger partial charge in [0.1, 0.15) is 0 Å². The second-order valence-electron chi connectivity index (χ2n) is 6.65. The Morgan fingerprint density at radius 3 is 1.54 bits per heavy atom. The van der Waals surface area contributed by atoms with Crippen molar-refractivity contribution < 1.29 is 0 Å². The summed E-state index contributed by atoms with van der Waals surface area (Å²) in [4.78, 5) is 0. The van der Waals surface area contributed by atoms with E-state index in [0.29, 0.717) is 10.8 Å². The third kappa shape index (κ3) is 1.43. The highest BCUT2D eigenvalue weighted by Crippen LogP contribution is 2.61. The first-order valence-corrected chi connectivity index (χ1v) is 5.93. The Kier molecular flexibility index (Phi) is 2.02. The fourth-order valence-corrected chi connectivity index (χ4v) is 4.44. The van der Waals surface area contributed by atoms with E-state index in [9.17, 15) is 0 Å². The molecule has 2 saturated carbocycles. The second kappa shape index (κ2) is 2.74. The van der Waals surface area contributed by atoms with Gasteiger partial charge in [0.2, 0.25) is 0 Å². The van der Waals surface area contributed by atoms with Crippen LogP contribution in [-0.2, 0) is 0 Å². The maximum Gasteiger partial charge on any atom is -0.0318 e. The van der Waals surface area contributed by atoms with Gasteiger partial charge in [-0.1, -0.05) is 40.5 Å². The predicted octanol–water partition coefficient (Wildman–Crippen LogP) is 4.25. The van der Waals surface area contributed by atoms with Crippen LogP contribution < -0.4 is 0 Å². The normalized spacial score (nSPS) is 41.5. The maximum absolute atomic E-state index is 2.49. The molecule has 0 spiro atoms. The fraction of sp³-hybridized carbons (Fsp3) is 1.00. The zero-order valence-corrected chi connectivity index (χ0v) is 9.69. The summed E-state index contributed by atoms with van der Waals surface area (Å²) in [6.45, 7) is 9.96. The van der Waals surface area contributed by atoms with Crippen molar-refractivity contribution in [1.82, 2.24) is 0 Å². The van der Waals surface area contributed by atoms with Crippen molar-refractivity contribution in [3.05, 3.63) is 0 Å². The minimum absolute atomic E-state index is 0.620. The zero-order chi connectivity index (χ0) is 9.69. The van der Waals surface area contributed by atoms with Gasteiger partial charge in [-0.3, -0.25) is 0 Å². The van der Waals surface area contributed by atoms with Gasteiger partial charge in [0, 0.05) is 0 Å². The lowest BCUT2D eigenvalue weighted by atomic mass is 9.69. The highest BCUT2D eigenvalue weighted by Gasteiger charge is 2.52. The minimum atomic E-state index is 0.620. The number of rotatable bonds is 0. The number of hydrogen-bond acceptors (Lipinski definition) is 0. The molecule has 76 valence electrons. The van der Waals surface area contributed by atoms with E-state index in [1.54, 1.807) is 0 Å². The monoisotopic (exact) mass is 180 g/mol. The molecular weight excluding hydrogens is 156 g/mol. The van der Waals surface area contributed by atoms with E-state index >= 15 is 0 Å². The van der Waals surface area contributed by atoms with Crippen molar-refractivity contribution in [2.45, 2.75) is 59.8 Å². The molecule has 2 fully saturated rings. The molecule has 0 nitrogen and oxygen atoms in total. The molecule has 0 aromatic heterocycles. The smallest absolute Gasteiger partial charge is 0.0318 e. The van der Waals surface area contributed by atoms with Crippen LogP contribution in [0.3, 0.4) is 0 Å². The van der Waals surface area contributed by atoms with Gasteiger partial charge in [-0.05, 0) is 41.9 Å². The molecule has 13 heavy (non-hydrogen) atoms. The van der Waals surface area contributed by atoms with Crippen LogP contribution in [-0.4, -0.2) is 0 Å². The van der Waals surface area contributed by atoms with Crippen molar-refractivity contribution in [3.8, 4) is 0 Å². The van der Waals surface area contributed by atoms with Crippen molar-refractivity contribution >= 4 is 0 Å². The lowest BCUT2D eigenvalue weighted by Crippen LogP contribution is -2.27. The molecule has 2 atom stereocenters. The Balaban J connectivity index is 2.25. The summed E-state index contributed by atoms with van der Waals surface area (Å²) in [5.74, 6) is 2.05. The highest BCUT2D eigenvalue weighted by molar-refractivity contribution is 5.01. The average molecular weight is 180 g/mol. The summed E-state index contributed by atoms with van der Waals surface area (Å²) in [5, 5.41) is 0. The van der Waals surface area contributed by atoms with E-state index in [0.717, 1.165) is 11.8 Å². The quantitative estimate of drug-likeness (QED) is 0.523. The maximum atomic E-state index is 2.49. The summed E-state index contributed by atoms with van der Waals surface area (Å²) in [5.41, 5.74) is 1.24. The van der Waals surface area contributed by atoms with Gasteiger partial charge in [-0.25, -0.2) is 0 Å². The van der Waals surface area contributed by atoms with Crippen LogP contribution in [0.25, 0.3) is 0 Å². The van der Waals surface area contributed by atoms with Crippen LogP contribution in [0, 0.1) is 22.7 Å². The molecule has 2 aliphatic carbocycles. The van der Waals surface area contributed by atoms with E-state index in [4.69, 9.17) is 0 Å². The van der Waals surface area contributed by atoms with Crippen LogP contribution in [0.2, 0.25) is 0 Å². The van der Waals surface area contributed by atoms with Gasteiger partial charge in [0.25, 0.3) is 0 Å². The molecule has 0 N–H and O–H groups in total. The average Bonchev–Trinajstić information content (AvgIpc) is 2.20. The molecule has 0 radical (unpaired) electrons. The Hall–Kier alpha value is 0. The summed E-state index contributed by atoms with van der Waals surface area (Å²) >= 11 is 0. The molecule has 0 amide bonds. The van der Waals surface area contributed by atoms with Gasteiger partial charge >= 0.3 is 0 Å². The van der Waals surface area contributed by atoms with E-state index in [2.05, 4.69) is 27.7 Å². The summed E-state index contributed by atoms with van der Waals surface area (Å²) in [7, 11) is 0. The Morgan fingerprint density at radius 1 is 0.769 bits per heavy atom. The summed E-state index contributed by atoms with van der Waals surface area (Å²) < 4.78 is 0. The molecule has 0 aromatic rings. The Morgan fingerprint density at radius 2 is 1.15 bits per heavy atom. The standard InChI is InChI=1S/C13H24/c1-12(2)9-13(3,4)11-8-6-5-7-10(11)12/h10-11H,5-9H2,1-4H3/t10-,11?/m1/s1. The predicted molar refractivity (Wildman–Crippen MR) is 57.6 cm³/mol. The molecule has 0 aliphatic heterocycles. The zero-order valence-electron chi connectivity index (χ0n) is 9.69. The number of fused-ring (bicyclic) bond motifs is 1. The van der Waals surface area contributed by atoms with Crippen LogP contribution >= 0.6 is 0 Å². The van der Waals surface area contributed by atoms with Gasteiger partial charge in [0.05, 0.1) is 0 Å². The van der Waals surface area contributed by atoms with Gasteiger partial charge in [-0.15, -0.1) is 0 Å². The third-order valence-corrected chi connectivity index (χ3v) is 4.68. The van der Waals surface area contributed by atoms with Gasteiger partial charge in [0.15, 0.2) is 0 Å². The first kappa shape index (κ1) is 9.55. The van der Waals surface area contributed by atoms with Gasteiger partial charge < -0.3 is 0 Å². The lowest BCUT2D eigenvalue weighted by Gasteiger charge is -2.36. The number of hydrogen-bond donors (Lipinski definition) is 0. The van der Waals surface area contributed by atoms with Crippen LogP contribution in [0.4, 0.5) is 0 Å². The molecule has 2 rings (SSSR count). The van der Waals surface area contributed by atoms with Crippen LogP contribution in [0.1, 0.15) is 59.8 Å². The Bertz CT molecular complexity index is 178. The topological polar surface area (TPSA) is 0 Å². The first-order valence-electron chi connectivity index (χ1n) is 5.93. The van der Waals surface area contributed by atoms with E-state index < -0.39 is 0 Å². The molecular formula is C13H24. The van der Waals surface area contributed by atoms with Gasteiger partial charge in [-0.2, -0.15) is 0 Å². The van der Waals surface area contributed by atoms with Crippen molar-refractivity contribution in [3.63, 3.8) is 0 Å². The van der Waals surface area contributed by atoms with Crippen molar-refractivity contribution in [1.29, 1.82) is 0 Å². The third-order valence-electron chi connectivity index (χ3n) is 4.68. The molecule has 0 aromatic carbocycles. The molecule has 0 heterocycles. The largest absolute Gasteiger partial charge is 0.0596 e. The van der Waals surface area contributed by atoms with Crippen molar-refractivity contribution in [2.75, 3.05) is 0 Å². The van der Waals surface area contributed by atoms with Crippen LogP contribution in [0.5, 0.6) is 0 Å². The van der Waals surface area contributed by atoms with Crippen LogP contribution in [0.15, 0.2) is 0 Å². The summed E-state index contributed by atoms with van der Waals surface area (Å²) in [6, 6.07) is 0. The molecule has 0 heteroatoms. The highest BCUT2D eigenvalue weighted by atomic mass is 14.6. The molecule has 1 unspecified atom stereocenters. The first-order chi connectivity index (χ1) is 5.93. The Labute approximate surface area is 83.1 Å². The molecule has 0 saturated heterocycles. The minimum Gasteiger partial charge on any atom is -0.0596 e. The summed E-state index contributed by atoms with van der Waals surface area (Å²) in [6.07, 6.45) is 7.42.